The van der Waals surface area contributed by atoms with Crippen LogP contribution in [0.25, 0.3) is 0 Å². The molecule has 1 atom stereocenters. The van der Waals surface area contributed by atoms with Crippen molar-refractivity contribution in [2.24, 2.45) is 0 Å². The number of aliphatic hydroxyl groups excluding tert-OH is 1. The summed E-state index contributed by atoms with van der Waals surface area (Å²) >= 11 is 0. The Morgan fingerprint density at radius 2 is 1.90 bits per heavy atom. The highest BCUT2D eigenvalue weighted by atomic mass is 19.1. The summed E-state index contributed by atoms with van der Waals surface area (Å²) < 4.78 is 27.0. The van der Waals surface area contributed by atoms with Crippen molar-refractivity contribution in [1.29, 1.82) is 0 Å². The van der Waals surface area contributed by atoms with Gasteiger partial charge in [-0.1, -0.05) is 30.3 Å². The first kappa shape index (κ1) is 14.2. The molecular formula is C17H17F2NO. The first-order valence-electron chi connectivity index (χ1n) is 7.05. The maximum Gasteiger partial charge on any atom is 0.129 e. The summed E-state index contributed by atoms with van der Waals surface area (Å²) in [5.41, 5.74) is 2.13. The summed E-state index contributed by atoms with van der Waals surface area (Å²) in [6.45, 7) is 1.59. The van der Waals surface area contributed by atoms with Crippen LogP contribution < -0.4 is 0 Å². The molecule has 21 heavy (non-hydrogen) atoms. The molecular weight excluding hydrogens is 272 g/mol. The minimum absolute atomic E-state index is 0.460. The molecule has 2 aromatic carbocycles. The Kier molecular flexibility index (Phi) is 3.99. The van der Waals surface area contributed by atoms with Crippen LogP contribution in [-0.4, -0.2) is 23.1 Å². The lowest BCUT2D eigenvalue weighted by atomic mass is 9.98. The zero-order valence-electron chi connectivity index (χ0n) is 11.6. The fraction of sp³-hybridized carbons (Fsp3) is 0.294. The van der Waals surface area contributed by atoms with Crippen molar-refractivity contribution in [3.63, 3.8) is 0 Å². The lowest BCUT2D eigenvalue weighted by molar-refractivity contribution is 0.105. The quantitative estimate of drug-likeness (QED) is 0.938. The minimum atomic E-state index is -0.592. The second-order valence-electron chi connectivity index (χ2n) is 5.44. The van der Waals surface area contributed by atoms with E-state index in [1.807, 2.05) is 35.2 Å². The number of halogens is 2. The predicted molar refractivity (Wildman–Crippen MR) is 76.7 cm³/mol. The number of β-amino-alcohol motifs (C(OH)–C–C–N with tert-alkyl or cyclic N) is 1. The average molecular weight is 289 g/mol. The normalized spacial score (nSPS) is 16.5. The second-order valence-corrected chi connectivity index (χ2v) is 5.44. The van der Waals surface area contributed by atoms with Gasteiger partial charge in [-0.2, -0.15) is 0 Å². The molecule has 0 saturated heterocycles. The number of nitrogens with zero attached hydrogens (tertiary/aromatic N) is 1. The molecule has 0 saturated carbocycles. The van der Waals surface area contributed by atoms with Gasteiger partial charge in [-0.3, -0.25) is 4.90 Å². The topological polar surface area (TPSA) is 23.5 Å². The van der Waals surface area contributed by atoms with Crippen LogP contribution in [0.4, 0.5) is 8.78 Å². The summed E-state index contributed by atoms with van der Waals surface area (Å²) in [5.74, 6) is -1.01. The van der Waals surface area contributed by atoms with Crippen LogP contribution in [0.15, 0.2) is 42.5 Å². The fourth-order valence-electron chi connectivity index (χ4n) is 2.85. The molecule has 4 heteroatoms. The molecule has 1 N–H and O–H groups in total. The molecule has 0 radical (unpaired) electrons. The first-order valence-corrected chi connectivity index (χ1v) is 7.05. The van der Waals surface area contributed by atoms with Crippen molar-refractivity contribution in [2.75, 3.05) is 13.1 Å². The number of hydrogen-bond acceptors (Lipinski definition) is 2. The molecule has 2 aromatic rings. The van der Waals surface area contributed by atoms with E-state index < -0.39 is 17.7 Å². The van der Waals surface area contributed by atoms with Gasteiger partial charge in [-0.05, 0) is 29.2 Å². The van der Waals surface area contributed by atoms with Crippen molar-refractivity contribution in [3.8, 4) is 0 Å². The zero-order chi connectivity index (χ0) is 14.8. The molecule has 2 nitrogen and oxygen atoms in total. The van der Waals surface area contributed by atoms with Gasteiger partial charge in [-0.25, -0.2) is 8.78 Å². The summed E-state index contributed by atoms with van der Waals surface area (Å²) in [7, 11) is 0. The maximum absolute atomic E-state index is 13.7. The predicted octanol–water partition coefficient (Wildman–Crippen LogP) is 3.06. The van der Waals surface area contributed by atoms with E-state index in [2.05, 4.69) is 0 Å². The number of hydrogen-bond donors (Lipinski definition) is 1. The van der Waals surface area contributed by atoms with Crippen LogP contribution in [0, 0.1) is 11.6 Å². The average Bonchev–Trinajstić information content (AvgIpc) is 2.47. The molecule has 0 amide bonds. The van der Waals surface area contributed by atoms with E-state index in [9.17, 15) is 13.9 Å². The Morgan fingerprint density at radius 1 is 1.14 bits per heavy atom. The van der Waals surface area contributed by atoms with Gasteiger partial charge in [0.05, 0.1) is 6.10 Å². The lowest BCUT2D eigenvalue weighted by Gasteiger charge is -2.30. The van der Waals surface area contributed by atoms with Crippen molar-refractivity contribution in [2.45, 2.75) is 19.1 Å². The SMILES string of the molecule is OC(CN1CCc2c(F)cc(F)cc2C1)c1ccccc1. The molecule has 0 aromatic heterocycles. The van der Waals surface area contributed by atoms with Gasteiger partial charge < -0.3 is 5.11 Å². The highest BCUT2D eigenvalue weighted by Gasteiger charge is 2.22. The maximum atomic E-state index is 13.7. The smallest absolute Gasteiger partial charge is 0.129 e. The molecule has 1 aliphatic rings. The van der Waals surface area contributed by atoms with Crippen LogP contribution in [0.3, 0.4) is 0 Å². The zero-order valence-corrected chi connectivity index (χ0v) is 11.6. The Morgan fingerprint density at radius 3 is 2.67 bits per heavy atom. The Hall–Kier alpha value is -1.78. The van der Waals surface area contributed by atoms with E-state index in [1.165, 1.54) is 6.07 Å². The van der Waals surface area contributed by atoms with Crippen LogP contribution in [0.2, 0.25) is 0 Å². The van der Waals surface area contributed by atoms with Gasteiger partial charge in [0.1, 0.15) is 11.6 Å². The van der Waals surface area contributed by atoms with E-state index in [0.717, 1.165) is 11.6 Å². The van der Waals surface area contributed by atoms with Gasteiger partial charge in [0.2, 0.25) is 0 Å². The Bertz CT molecular complexity index is 630. The van der Waals surface area contributed by atoms with Gasteiger partial charge in [0.15, 0.2) is 0 Å². The van der Waals surface area contributed by atoms with E-state index >= 15 is 0 Å². The number of benzene rings is 2. The summed E-state index contributed by atoms with van der Waals surface area (Å²) in [5, 5.41) is 10.2. The second kappa shape index (κ2) is 5.92. The molecule has 1 aliphatic heterocycles. The molecule has 0 bridgehead atoms. The van der Waals surface area contributed by atoms with Gasteiger partial charge in [-0.15, -0.1) is 0 Å². The minimum Gasteiger partial charge on any atom is -0.387 e. The van der Waals surface area contributed by atoms with Crippen LogP contribution in [0.1, 0.15) is 22.8 Å². The Labute approximate surface area is 122 Å². The number of rotatable bonds is 3. The van der Waals surface area contributed by atoms with Gasteiger partial charge in [0, 0.05) is 25.7 Å². The highest BCUT2D eigenvalue weighted by Crippen LogP contribution is 2.24. The highest BCUT2D eigenvalue weighted by molar-refractivity contribution is 5.31. The van der Waals surface area contributed by atoms with Crippen molar-refractivity contribution < 1.29 is 13.9 Å². The summed E-state index contributed by atoms with van der Waals surface area (Å²) in [4.78, 5) is 2.03. The van der Waals surface area contributed by atoms with Crippen LogP contribution in [-0.2, 0) is 13.0 Å². The van der Waals surface area contributed by atoms with E-state index in [4.69, 9.17) is 0 Å². The number of fused-ring (bicyclic) bond motifs is 1. The van der Waals surface area contributed by atoms with E-state index in [0.29, 0.717) is 37.2 Å². The van der Waals surface area contributed by atoms with Crippen molar-refractivity contribution >= 4 is 0 Å². The fourth-order valence-corrected chi connectivity index (χ4v) is 2.85. The molecule has 0 aliphatic carbocycles. The van der Waals surface area contributed by atoms with E-state index in [-0.39, 0.29) is 0 Å². The van der Waals surface area contributed by atoms with Gasteiger partial charge >= 0.3 is 0 Å². The summed E-state index contributed by atoms with van der Waals surface area (Å²) in [6, 6.07) is 11.7. The standard InChI is InChI=1S/C17H17F2NO/c18-14-8-13-10-20(7-6-15(13)16(19)9-14)11-17(21)12-4-2-1-3-5-12/h1-5,8-9,17,21H,6-7,10-11H2. The molecule has 1 unspecified atom stereocenters. The van der Waals surface area contributed by atoms with Crippen LogP contribution >= 0.6 is 0 Å². The monoisotopic (exact) mass is 289 g/mol. The largest absolute Gasteiger partial charge is 0.387 e. The first-order chi connectivity index (χ1) is 10.1. The third kappa shape index (κ3) is 3.12. The molecule has 0 fully saturated rings. The molecule has 0 spiro atoms. The number of aliphatic hydroxyl groups is 1. The molecule has 1 heterocycles. The van der Waals surface area contributed by atoms with Crippen molar-refractivity contribution in [1.82, 2.24) is 4.90 Å². The summed E-state index contributed by atoms with van der Waals surface area (Å²) in [6.07, 6.45) is -0.0469. The Balaban J connectivity index is 1.72. The third-order valence-electron chi connectivity index (χ3n) is 3.94. The van der Waals surface area contributed by atoms with E-state index in [1.54, 1.807) is 0 Å². The van der Waals surface area contributed by atoms with Gasteiger partial charge in [0.25, 0.3) is 0 Å². The van der Waals surface area contributed by atoms with Crippen molar-refractivity contribution in [3.05, 3.63) is 70.8 Å². The van der Waals surface area contributed by atoms with Crippen LogP contribution in [0.5, 0.6) is 0 Å². The lowest BCUT2D eigenvalue weighted by Crippen LogP contribution is -2.34. The molecule has 3 rings (SSSR count). The molecule has 110 valence electrons. The third-order valence-corrected chi connectivity index (χ3v) is 3.94.